The van der Waals surface area contributed by atoms with E-state index in [0.29, 0.717) is 24.3 Å². The van der Waals surface area contributed by atoms with Crippen LogP contribution >= 0.6 is 0 Å². The number of urea groups is 1. The Morgan fingerprint density at radius 2 is 2.00 bits per heavy atom. The molecule has 6 nitrogen and oxygen atoms in total. The normalized spacial score (nSPS) is 17.3. The molecule has 1 heterocycles. The van der Waals surface area contributed by atoms with Crippen LogP contribution in [0.15, 0.2) is 24.3 Å². The van der Waals surface area contributed by atoms with Gasteiger partial charge in [-0.05, 0) is 44.0 Å². The molecule has 3 amide bonds. The standard InChI is InChI=1S/C15H21N3O3/c1-2-16-14(19)11-5-7-12(8-6-11)18-15(20)17-10-13-4-3-9-21-13/h5-8,13H,2-4,9-10H2,1H3,(H,16,19)(H2,17,18,20). The smallest absolute Gasteiger partial charge is 0.319 e. The number of hydrogen-bond acceptors (Lipinski definition) is 3. The van der Waals surface area contributed by atoms with Crippen molar-refractivity contribution < 1.29 is 14.3 Å². The highest BCUT2D eigenvalue weighted by atomic mass is 16.5. The van der Waals surface area contributed by atoms with Gasteiger partial charge in [0.15, 0.2) is 0 Å². The molecule has 21 heavy (non-hydrogen) atoms. The number of ether oxygens (including phenoxy) is 1. The van der Waals surface area contributed by atoms with Gasteiger partial charge in [0.25, 0.3) is 5.91 Å². The molecule has 0 spiro atoms. The molecule has 1 atom stereocenters. The van der Waals surface area contributed by atoms with Gasteiger partial charge in [-0.15, -0.1) is 0 Å². The summed E-state index contributed by atoms with van der Waals surface area (Å²) in [7, 11) is 0. The molecule has 0 saturated carbocycles. The molecule has 114 valence electrons. The third-order valence-corrected chi connectivity index (χ3v) is 3.26. The van der Waals surface area contributed by atoms with Gasteiger partial charge in [-0.2, -0.15) is 0 Å². The van der Waals surface area contributed by atoms with Crippen LogP contribution in [0.25, 0.3) is 0 Å². The molecule has 1 aliphatic rings. The van der Waals surface area contributed by atoms with Crippen molar-refractivity contribution in [1.29, 1.82) is 0 Å². The third-order valence-electron chi connectivity index (χ3n) is 3.26. The van der Waals surface area contributed by atoms with Crippen LogP contribution in [-0.2, 0) is 4.74 Å². The molecule has 0 aliphatic carbocycles. The number of carbonyl (C=O) groups excluding carboxylic acids is 2. The van der Waals surface area contributed by atoms with Gasteiger partial charge in [0.1, 0.15) is 0 Å². The Morgan fingerprint density at radius 3 is 2.62 bits per heavy atom. The number of benzene rings is 1. The third kappa shape index (κ3) is 4.75. The van der Waals surface area contributed by atoms with Gasteiger partial charge in [-0.25, -0.2) is 4.79 Å². The Bertz CT molecular complexity index is 481. The Labute approximate surface area is 124 Å². The highest BCUT2D eigenvalue weighted by Gasteiger charge is 2.16. The van der Waals surface area contributed by atoms with Crippen LogP contribution < -0.4 is 16.0 Å². The molecular weight excluding hydrogens is 270 g/mol. The Hall–Kier alpha value is -2.08. The number of amides is 3. The quantitative estimate of drug-likeness (QED) is 0.773. The summed E-state index contributed by atoms with van der Waals surface area (Å²) < 4.78 is 5.43. The van der Waals surface area contributed by atoms with Crippen LogP contribution in [0.3, 0.4) is 0 Å². The van der Waals surface area contributed by atoms with Crippen LogP contribution in [0.2, 0.25) is 0 Å². The van der Waals surface area contributed by atoms with E-state index >= 15 is 0 Å². The lowest BCUT2D eigenvalue weighted by molar-refractivity contribution is 0.0956. The topological polar surface area (TPSA) is 79.5 Å². The van der Waals surface area contributed by atoms with Gasteiger partial charge in [-0.3, -0.25) is 4.79 Å². The summed E-state index contributed by atoms with van der Waals surface area (Å²) in [6, 6.07) is 6.50. The van der Waals surface area contributed by atoms with Crippen LogP contribution in [0.1, 0.15) is 30.1 Å². The molecule has 1 aliphatic heterocycles. The fraction of sp³-hybridized carbons (Fsp3) is 0.467. The summed E-state index contributed by atoms with van der Waals surface area (Å²) in [5.41, 5.74) is 1.22. The van der Waals surface area contributed by atoms with Gasteiger partial charge in [0.05, 0.1) is 6.10 Å². The minimum atomic E-state index is -0.267. The van der Waals surface area contributed by atoms with Crippen molar-refractivity contribution in [2.75, 3.05) is 25.0 Å². The van der Waals surface area contributed by atoms with Gasteiger partial charge in [-0.1, -0.05) is 0 Å². The van der Waals surface area contributed by atoms with E-state index in [0.717, 1.165) is 19.4 Å². The lowest BCUT2D eigenvalue weighted by Crippen LogP contribution is -2.35. The maximum atomic E-state index is 11.7. The highest BCUT2D eigenvalue weighted by Crippen LogP contribution is 2.11. The summed E-state index contributed by atoms with van der Waals surface area (Å²) in [6.07, 6.45) is 2.16. The lowest BCUT2D eigenvalue weighted by atomic mass is 10.2. The summed E-state index contributed by atoms with van der Waals surface area (Å²) >= 11 is 0. The van der Waals surface area contributed by atoms with E-state index in [1.54, 1.807) is 24.3 Å². The fourth-order valence-corrected chi connectivity index (χ4v) is 2.15. The van der Waals surface area contributed by atoms with Crippen molar-refractivity contribution in [3.05, 3.63) is 29.8 Å². The monoisotopic (exact) mass is 291 g/mol. The second-order valence-electron chi connectivity index (χ2n) is 4.91. The zero-order valence-corrected chi connectivity index (χ0v) is 12.1. The van der Waals surface area contributed by atoms with Crippen LogP contribution in [0, 0.1) is 0 Å². The number of hydrogen-bond donors (Lipinski definition) is 3. The summed E-state index contributed by atoms with van der Waals surface area (Å²) in [5, 5.41) is 8.22. The van der Waals surface area contributed by atoms with Crippen LogP contribution in [0.4, 0.5) is 10.5 Å². The van der Waals surface area contributed by atoms with E-state index in [4.69, 9.17) is 4.74 Å². The summed E-state index contributed by atoms with van der Waals surface area (Å²) in [5.74, 6) is -0.119. The van der Waals surface area contributed by atoms with Crippen molar-refractivity contribution in [1.82, 2.24) is 10.6 Å². The SMILES string of the molecule is CCNC(=O)c1ccc(NC(=O)NCC2CCCO2)cc1. The molecule has 0 aromatic heterocycles. The summed E-state index contributed by atoms with van der Waals surface area (Å²) in [4.78, 5) is 23.3. The van der Waals surface area contributed by atoms with E-state index in [2.05, 4.69) is 16.0 Å². The second kappa shape index (κ2) is 7.64. The van der Waals surface area contributed by atoms with Gasteiger partial charge < -0.3 is 20.7 Å². The molecule has 0 radical (unpaired) electrons. The first-order valence-corrected chi connectivity index (χ1v) is 7.23. The van der Waals surface area contributed by atoms with Gasteiger partial charge >= 0.3 is 6.03 Å². The predicted octanol–water partition coefficient (Wildman–Crippen LogP) is 1.74. The molecule has 1 aromatic rings. The molecule has 0 bridgehead atoms. The zero-order chi connectivity index (χ0) is 15.1. The van der Waals surface area contributed by atoms with Crippen molar-refractivity contribution >= 4 is 17.6 Å². The molecule has 2 rings (SSSR count). The van der Waals surface area contributed by atoms with Gasteiger partial charge in [0, 0.05) is 30.9 Å². The average molecular weight is 291 g/mol. The minimum absolute atomic E-state index is 0.119. The zero-order valence-electron chi connectivity index (χ0n) is 12.1. The van der Waals surface area contributed by atoms with E-state index < -0.39 is 0 Å². The minimum Gasteiger partial charge on any atom is -0.376 e. The molecular formula is C15H21N3O3. The number of nitrogens with one attached hydrogen (secondary N) is 3. The maximum absolute atomic E-state index is 11.7. The first-order valence-electron chi connectivity index (χ1n) is 7.23. The molecule has 1 unspecified atom stereocenters. The predicted molar refractivity (Wildman–Crippen MR) is 80.4 cm³/mol. The molecule has 1 aromatic carbocycles. The van der Waals surface area contributed by atoms with Crippen molar-refractivity contribution in [2.45, 2.75) is 25.9 Å². The first-order chi connectivity index (χ1) is 10.2. The first kappa shape index (κ1) is 15.3. The van der Waals surface area contributed by atoms with E-state index in [1.807, 2.05) is 6.92 Å². The lowest BCUT2D eigenvalue weighted by Gasteiger charge is -2.12. The molecule has 1 fully saturated rings. The number of anilines is 1. The van der Waals surface area contributed by atoms with Crippen LogP contribution in [0.5, 0.6) is 0 Å². The Morgan fingerprint density at radius 1 is 1.24 bits per heavy atom. The molecule has 6 heteroatoms. The Balaban J connectivity index is 1.79. The van der Waals surface area contributed by atoms with Gasteiger partial charge in [0.2, 0.25) is 0 Å². The molecule has 3 N–H and O–H groups in total. The highest BCUT2D eigenvalue weighted by molar-refractivity contribution is 5.95. The van der Waals surface area contributed by atoms with Crippen molar-refractivity contribution in [3.8, 4) is 0 Å². The van der Waals surface area contributed by atoms with Crippen molar-refractivity contribution in [2.24, 2.45) is 0 Å². The largest absolute Gasteiger partial charge is 0.376 e. The average Bonchev–Trinajstić information content (AvgIpc) is 2.99. The summed E-state index contributed by atoms with van der Waals surface area (Å²) in [6.45, 7) is 3.74. The van der Waals surface area contributed by atoms with Crippen molar-refractivity contribution in [3.63, 3.8) is 0 Å². The van der Waals surface area contributed by atoms with E-state index in [1.165, 1.54) is 0 Å². The number of carbonyl (C=O) groups is 2. The number of rotatable bonds is 5. The second-order valence-corrected chi connectivity index (χ2v) is 4.91. The fourth-order valence-electron chi connectivity index (χ4n) is 2.15. The maximum Gasteiger partial charge on any atom is 0.319 e. The molecule has 1 saturated heterocycles. The van der Waals surface area contributed by atoms with E-state index in [-0.39, 0.29) is 18.0 Å². The van der Waals surface area contributed by atoms with E-state index in [9.17, 15) is 9.59 Å². The van der Waals surface area contributed by atoms with Crippen LogP contribution in [-0.4, -0.2) is 37.7 Å². The Kier molecular flexibility index (Phi) is 5.57.